The molecule has 1 aromatic rings. The highest BCUT2D eigenvalue weighted by Crippen LogP contribution is 2.23. The van der Waals surface area contributed by atoms with Gasteiger partial charge in [-0.3, -0.25) is 4.98 Å². The molecule has 2 heterocycles. The maximum Gasteiger partial charge on any atom is 0.154 e. The number of nitrogens with one attached hydrogen (secondary N) is 1. The van der Waals surface area contributed by atoms with Crippen LogP contribution in [0.2, 0.25) is 0 Å². The van der Waals surface area contributed by atoms with Crippen LogP contribution in [-0.4, -0.2) is 44.0 Å². The Bertz CT molecular complexity index is 530. The van der Waals surface area contributed by atoms with E-state index in [4.69, 9.17) is 0 Å². The van der Waals surface area contributed by atoms with E-state index in [0.717, 1.165) is 24.3 Å². The van der Waals surface area contributed by atoms with Crippen LogP contribution in [0.25, 0.3) is 0 Å². The minimum absolute atomic E-state index is 0.00183. The number of sulfone groups is 1. The molecule has 1 atom stereocenters. The second-order valence-electron chi connectivity index (χ2n) is 5.02. The molecule has 1 fully saturated rings. The molecular formula is C13H21N3O2S. The fourth-order valence-corrected chi connectivity index (χ4v) is 3.89. The van der Waals surface area contributed by atoms with E-state index in [1.807, 2.05) is 13.0 Å². The van der Waals surface area contributed by atoms with E-state index in [1.165, 1.54) is 0 Å². The third-order valence-corrected chi connectivity index (χ3v) is 5.10. The smallest absolute Gasteiger partial charge is 0.154 e. The maximum atomic E-state index is 11.6. The van der Waals surface area contributed by atoms with Gasteiger partial charge in [-0.05, 0) is 19.4 Å². The summed E-state index contributed by atoms with van der Waals surface area (Å²) in [5, 5.41) is 3.30. The fourth-order valence-electron chi connectivity index (χ4n) is 2.33. The van der Waals surface area contributed by atoms with Crippen molar-refractivity contribution in [1.29, 1.82) is 0 Å². The molecule has 1 aliphatic heterocycles. The van der Waals surface area contributed by atoms with E-state index in [-0.39, 0.29) is 17.5 Å². The third kappa shape index (κ3) is 3.59. The Kier molecular flexibility index (Phi) is 4.29. The number of aromatic nitrogens is 1. The van der Waals surface area contributed by atoms with Gasteiger partial charge in [0.1, 0.15) is 0 Å². The summed E-state index contributed by atoms with van der Waals surface area (Å²) in [4.78, 5) is 6.35. The third-order valence-electron chi connectivity index (χ3n) is 3.30. The average Bonchev–Trinajstić information content (AvgIpc) is 2.35. The zero-order valence-electron chi connectivity index (χ0n) is 11.5. The van der Waals surface area contributed by atoms with Gasteiger partial charge in [-0.15, -0.1) is 0 Å². The van der Waals surface area contributed by atoms with Gasteiger partial charge in [0.05, 0.1) is 35.3 Å². The summed E-state index contributed by atoms with van der Waals surface area (Å²) >= 11 is 0. The summed E-state index contributed by atoms with van der Waals surface area (Å²) in [6, 6.07) is 2.04. The molecule has 19 heavy (non-hydrogen) atoms. The minimum Gasteiger partial charge on any atom is -0.384 e. The van der Waals surface area contributed by atoms with Crippen LogP contribution in [-0.2, 0) is 9.84 Å². The van der Waals surface area contributed by atoms with Gasteiger partial charge in [0.25, 0.3) is 0 Å². The molecule has 0 spiro atoms. The van der Waals surface area contributed by atoms with Gasteiger partial charge in [0.15, 0.2) is 9.84 Å². The highest BCUT2D eigenvalue weighted by molar-refractivity contribution is 7.91. The first-order chi connectivity index (χ1) is 9.02. The lowest BCUT2D eigenvalue weighted by molar-refractivity contribution is 0.568. The topological polar surface area (TPSA) is 62.3 Å². The van der Waals surface area contributed by atoms with Crippen molar-refractivity contribution in [3.8, 4) is 0 Å². The average molecular weight is 283 g/mol. The van der Waals surface area contributed by atoms with Crippen LogP contribution < -0.4 is 10.2 Å². The quantitative estimate of drug-likeness (QED) is 0.908. The van der Waals surface area contributed by atoms with Crippen molar-refractivity contribution in [2.45, 2.75) is 26.3 Å². The zero-order valence-corrected chi connectivity index (χ0v) is 12.3. The van der Waals surface area contributed by atoms with E-state index in [9.17, 15) is 8.42 Å². The van der Waals surface area contributed by atoms with Crippen molar-refractivity contribution >= 4 is 21.2 Å². The number of nitrogens with zero attached hydrogens (tertiary/aromatic N) is 2. The molecule has 5 nitrogen and oxygen atoms in total. The number of hydrogen-bond acceptors (Lipinski definition) is 5. The first-order valence-corrected chi connectivity index (χ1v) is 8.50. The monoisotopic (exact) mass is 283 g/mol. The van der Waals surface area contributed by atoms with E-state index in [2.05, 4.69) is 22.1 Å². The number of anilines is 2. The van der Waals surface area contributed by atoms with Gasteiger partial charge in [-0.1, -0.05) is 6.92 Å². The van der Waals surface area contributed by atoms with Crippen LogP contribution in [0.5, 0.6) is 0 Å². The van der Waals surface area contributed by atoms with Gasteiger partial charge < -0.3 is 10.2 Å². The lowest BCUT2D eigenvalue weighted by atomic mass is 10.2. The van der Waals surface area contributed by atoms with Crippen LogP contribution in [0.4, 0.5) is 11.4 Å². The molecule has 1 aromatic heterocycles. The second kappa shape index (κ2) is 5.77. The lowest BCUT2D eigenvalue weighted by Gasteiger charge is -2.35. The molecule has 2 rings (SSSR count). The molecule has 0 radical (unpaired) electrons. The highest BCUT2D eigenvalue weighted by Gasteiger charge is 2.28. The molecule has 106 valence electrons. The molecule has 0 saturated carbocycles. The van der Waals surface area contributed by atoms with Crippen molar-refractivity contribution < 1.29 is 8.42 Å². The number of pyridine rings is 1. The SMILES string of the molecule is CCCNc1cncc(N2CCS(=O)(=O)CC2C)c1. The fraction of sp³-hybridized carbons (Fsp3) is 0.615. The van der Waals surface area contributed by atoms with Crippen LogP contribution in [0, 0.1) is 0 Å². The standard InChI is InChI=1S/C13H21N3O2S/c1-3-4-15-12-7-13(9-14-8-12)16-5-6-19(17,18)10-11(16)2/h7-9,11,15H,3-6,10H2,1-2H3. The van der Waals surface area contributed by atoms with Crippen molar-refractivity contribution in [1.82, 2.24) is 4.98 Å². The predicted molar refractivity (Wildman–Crippen MR) is 78.5 cm³/mol. The van der Waals surface area contributed by atoms with E-state index in [0.29, 0.717) is 6.54 Å². The Morgan fingerprint density at radius 1 is 1.47 bits per heavy atom. The van der Waals surface area contributed by atoms with Crippen molar-refractivity contribution in [3.05, 3.63) is 18.5 Å². The summed E-state index contributed by atoms with van der Waals surface area (Å²) in [6.07, 6.45) is 4.65. The minimum atomic E-state index is -2.87. The Balaban J connectivity index is 2.13. The zero-order chi connectivity index (χ0) is 13.9. The van der Waals surface area contributed by atoms with E-state index < -0.39 is 9.84 Å². The van der Waals surface area contributed by atoms with Crippen molar-refractivity contribution in [2.24, 2.45) is 0 Å². The summed E-state index contributed by atoms with van der Waals surface area (Å²) < 4.78 is 23.2. The van der Waals surface area contributed by atoms with Crippen LogP contribution in [0.15, 0.2) is 18.5 Å². The second-order valence-corrected chi connectivity index (χ2v) is 7.24. The normalized spacial score (nSPS) is 22.2. The van der Waals surface area contributed by atoms with Gasteiger partial charge >= 0.3 is 0 Å². The lowest BCUT2D eigenvalue weighted by Crippen LogP contribution is -2.47. The van der Waals surface area contributed by atoms with Gasteiger partial charge in [0.2, 0.25) is 0 Å². The molecule has 1 unspecified atom stereocenters. The summed E-state index contributed by atoms with van der Waals surface area (Å²) in [5.41, 5.74) is 1.98. The molecular weight excluding hydrogens is 262 g/mol. The Morgan fingerprint density at radius 3 is 2.95 bits per heavy atom. The Hall–Kier alpha value is -1.30. The number of hydrogen-bond donors (Lipinski definition) is 1. The van der Waals surface area contributed by atoms with Crippen LogP contribution in [0.3, 0.4) is 0 Å². The van der Waals surface area contributed by atoms with E-state index in [1.54, 1.807) is 12.4 Å². The van der Waals surface area contributed by atoms with Crippen LogP contribution >= 0.6 is 0 Å². The summed E-state index contributed by atoms with van der Waals surface area (Å²) in [5.74, 6) is 0.448. The maximum absolute atomic E-state index is 11.6. The van der Waals surface area contributed by atoms with E-state index >= 15 is 0 Å². The first kappa shape index (κ1) is 14.1. The Morgan fingerprint density at radius 2 is 2.26 bits per heavy atom. The van der Waals surface area contributed by atoms with Crippen LogP contribution in [0.1, 0.15) is 20.3 Å². The molecule has 1 aliphatic rings. The summed E-state index contributed by atoms with van der Waals surface area (Å²) in [6.45, 7) is 5.52. The van der Waals surface area contributed by atoms with Crippen molar-refractivity contribution in [2.75, 3.05) is 34.8 Å². The molecule has 0 amide bonds. The van der Waals surface area contributed by atoms with Gasteiger partial charge in [-0.25, -0.2) is 8.42 Å². The molecule has 0 aromatic carbocycles. The summed E-state index contributed by atoms with van der Waals surface area (Å²) in [7, 11) is -2.87. The first-order valence-electron chi connectivity index (χ1n) is 6.68. The molecule has 1 saturated heterocycles. The molecule has 0 aliphatic carbocycles. The highest BCUT2D eigenvalue weighted by atomic mass is 32.2. The predicted octanol–water partition coefficient (Wildman–Crippen LogP) is 1.53. The largest absolute Gasteiger partial charge is 0.384 e. The molecule has 6 heteroatoms. The van der Waals surface area contributed by atoms with Gasteiger partial charge in [-0.2, -0.15) is 0 Å². The van der Waals surface area contributed by atoms with Gasteiger partial charge in [0, 0.05) is 19.1 Å². The van der Waals surface area contributed by atoms with Crippen molar-refractivity contribution in [3.63, 3.8) is 0 Å². The molecule has 1 N–H and O–H groups in total. The number of rotatable bonds is 4. The Labute approximate surface area is 114 Å². The molecule has 0 bridgehead atoms.